The van der Waals surface area contributed by atoms with E-state index in [-0.39, 0.29) is 5.75 Å². The molecule has 0 aliphatic carbocycles. The second-order valence-electron chi connectivity index (χ2n) is 7.84. The first kappa shape index (κ1) is 19.9. The van der Waals surface area contributed by atoms with Gasteiger partial charge in [0, 0.05) is 52.1 Å². The minimum atomic E-state index is -0.520. The number of halogens is 1. The summed E-state index contributed by atoms with van der Waals surface area (Å²) < 4.78 is 19.2. The third-order valence-electron chi connectivity index (χ3n) is 5.70. The number of ether oxygens (including phenoxy) is 1. The van der Waals surface area contributed by atoms with Gasteiger partial charge in [-0.15, -0.1) is 0 Å². The van der Waals surface area contributed by atoms with Gasteiger partial charge < -0.3 is 14.8 Å². The Morgan fingerprint density at radius 3 is 2.56 bits per heavy atom. The molecule has 0 aliphatic rings. The zero-order chi connectivity index (χ0) is 23.2. The number of fused-ring (bicyclic) bond motifs is 2. The second-order valence-corrected chi connectivity index (χ2v) is 7.84. The number of nitrogens with one attached hydrogen (secondary N) is 2. The first-order valence-electron chi connectivity index (χ1n) is 10.4. The number of pyridine rings is 3. The summed E-state index contributed by atoms with van der Waals surface area (Å²) in [6.07, 6.45) is 8.49. The van der Waals surface area contributed by atoms with Crippen molar-refractivity contribution >= 4 is 21.9 Å². The number of methoxy groups -OCH3 is 1. The molecule has 0 unspecified atom stereocenters. The number of aromatic amines is 2. The predicted octanol–water partition coefficient (Wildman–Crippen LogP) is 5.08. The Bertz CT molecular complexity index is 1670. The minimum Gasteiger partial charge on any atom is -0.508 e. The Morgan fingerprint density at radius 2 is 1.71 bits per heavy atom. The minimum absolute atomic E-state index is 0.145. The van der Waals surface area contributed by atoms with Crippen molar-refractivity contribution in [1.82, 2.24) is 30.1 Å². The summed E-state index contributed by atoms with van der Waals surface area (Å²) in [6, 6.07) is 9.78. The monoisotopic (exact) mass is 452 g/mol. The third kappa shape index (κ3) is 3.30. The van der Waals surface area contributed by atoms with E-state index in [2.05, 4.69) is 30.1 Å². The molecule has 34 heavy (non-hydrogen) atoms. The number of hydrogen-bond donors (Lipinski definition) is 3. The van der Waals surface area contributed by atoms with E-state index in [4.69, 9.17) is 4.74 Å². The Labute approximate surface area is 192 Å². The molecule has 0 aliphatic heterocycles. The Hall–Kier alpha value is -4.79. The van der Waals surface area contributed by atoms with Crippen LogP contribution in [0.3, 0.4) is 0 Å². The van der Waals surface area contributed by atoms with Crippen LogP contribution in [0.5, 0.6) is 11.5 Å². The van der Waals surface area contributed by atoms with E-state index in [1.165, 1.54) is 12.1 Å². The van der Waals surface area contributed by atoms with E-state index in [0.29, 0.717) is 22.5 Å². The lowest BCUT2D eigenvalue weighted by molar-refractivity contribution is 0.413. The maximum Gasteiger partial charge on any atom is 0.181 e. The van der Waals surface area contributed by atoms with Crippen molar-refractivity contribution in [3.63, 3.8) is 0 Å². The second kappa shape index (κ2) is 7.66. The van der Waals surface area contributed by atoms with Gasteiger partial charge in [-0.05, 0) is 35.9 Å². The highest BCUT2D eigenvalue weighted by Crippen LogP contribution is 2.35. The molecule has 0 fully saturated rings. The largest absolute Gasteiger partial charge is 0.508 e. The van der Waals surface area contributed by atoms with Crippen LogP contribution in [0, 0.1) is 5.82 Å². The van der Waals surface area contributed by atoms with Crippen LogP contribution >= 0.6 is 0 Å². The molecule has 5 heterocycles. The molecule has 0 saturated carbocycles. The molecule has 5 aromatic heterocycles. The van der Waals surface area contributed by atoms with Crippen molar-refractivity contribution < 1.29 is 14.2 Å². The van der Waals surface area contributed by atoms with E-state index in [9.17, 15) is 9.50 Å². The van der Waals surface area contributed by atoms with Crippen molar-refractivity contribution in [2.24, 2.45) is 0 Å². The lowest BCUT2D eigenvalue weighted by atomic mass is 10.0. The summed E-state index contributed by atoms with van der Waals surface area (Å²) >= 11 is 0. The maximum atomic E-state index is 13.9. The van der Waals surface area contributed by atoms with Crippen LogP contribution in [-0.4, -0.2) is 42.3 Å². The number of H-pyrrole nitrogens is 2. The quantitative estimate of drug-likeness (QED) is 0.344. The van der Waals surface area contributed by atoms with Crippen molar-refractivity contribution in [2.75, 3.05) is 7.11 Å². The van der Waals surface area contributed by atoms with E-state index in [1.807, 2.05) is 18.2 Å². The molecule has 9 heteroatoms. The molecule has 0 saturated heterocycles. The Morgan fingerprint density at radius 1 is 0.853 bits per heavy atom. The van der Waals surface area contributed by atoms with E-state index in [0.717, 1.165) is 44.9 Å². The van der Waals surface area contributed by atoms with Crippen LogP contribution in [0.4, 0.5) is 4.39 Å². The molecule has 0 bridgehead atoms. The number of aromatic nitrogens is 6. The first-order chi connectivity index (χ1) is 16.6. The molecular formula is C25H17FN6O2. The summed E-state index contributed by atoms with van der Waals surface area (Å²) in [4.78, 5) is 16.4. The topological polar surface area (TPSA) is 113 Å². The van der Waals surface area contributed by atoms with Gasteiger partial charge in [0.1, 0.15) is 17.3 Å². The normalized spacial score (nSPS) is 11.4. The summed E-state index contributed by atoms with van der Waals surface area (Å²) in [6.45, 7) is 0. The highest BCUT2D eigenvalue weighted by Gasteiger charge is 2.16. The van der Waals surface area contributed by atoms with Crippen LogP contribution in [0.25, 0.3) is 55.6 Å². The van der Waals surface area contributed by atoms with Crippen LogP contribution in [-0.2, 0) is 0 Å². The Kier molecular flexibility index (Phi) is 4.48. The number of phenolic OH excluding ortho intramolecular Hbond substituents is 1. The van der Waals surface area contributed by atoms with E-state index >= 15 is 0 Å². The molecule has 6 aromatic rings. The smallest absolute Gasteiger partial charge is 0.181 e. The highest BCUT2D eigenvalue weighted by atomic mass is 19.1. The van der Waals surface area contributed by atoms with Crippen molar-refractivity contribution in [3.8, 4) is 45.1 Å². The molecule has 0 amide bonds. The van der Waals surface area contributed by atoms with Gasteiger partial charge in [-0.2, -0.15) is 5.10 Å². The number of aromatic hydroxyl groups is 1. The molecule has 0 radical (unpaired) electrons. The van der Waals surface area contributed by atoms with Gasteiger partial charge in [-0.1, -0.05) is 0 Å². The van der Waals surface area contributed by atoms with Gasteiger partial charge >= 0.3 is 0 Å². The summed E-state index contributed by atoms with van der Waals surface area (Å²) in [5.41, 5.74) is 5.83. The zero-order valence-electron chi connectivity index (χ0n) is 17.9. The summed E-state index contributed by atoms with van der Waals surface area (Å²) in [7, 11) is 1.60. The number of hydrogen-bond acceptors (Lipinski definition) is 6. The fourth-order valence-electron chi connectivity index (χ4n) is 4.10. The van der Waals surface area contributed by atoms with Crippen LogP contribution in [0.2, 0.25) is 0 Å². The number of phenols is 1. The van der Waals surface area contributed by atoms with Gasteiger partial charge in [0.25, 0.3) is 0 Å². The fraction of sp³-hybridized carbons (Fsp3) is 0.0400. The standard InChI is InChI=1S/C25H17FN6O2/c1-34-18-4-14(8-27-10-18)15-5-20-24(31-32-25(20)29-9-15)22-7-19-21(11-28-12-23(19)30-22)13-2-16(26)6-17(33)3-13/h2-12,30,33H,1H3,(H,29,31,32). The predicted molar refractivity (Wildman–Crippen MR) is 126 cm³/mol. The van der Waals surface area contributed by atoms with Gasteiger partial charge in [0.2, 0.25) is 0 Å². The number of benzene rings is 1. The molecule has 1 aromatic carbocycles. The number of nitrogens with zero attached hydrogens (tertiary/aromatic N) is 4. The highest BCUT2D eigenvalue weighted by molar-refractivity contribution is 6.00. The van der Waals surface area contributed by atoms with E-state index in [1.54, 1.807) is 38.1 Å². The fourth-order valence-corrected chi connectivity index (χ4v) is 4.10. The maximum absolute atomic E-state index is 13.9. The average Bonchev–Trinajstić information content (AvgIpc) is 3.46. The third-order valence-corrected chi connectivity index (χ3v) is 5.70. The summed E-state index contributed by atoms with van der Waals surface area (Å²) in [5, 5.41) is 18.9. The van der Waals surface area contributed by atoms with Crippen LogP contribution in [0.15, 0.2) is 67.4 Å². The molecular weight excluding hydrogens is 435 g/mol. The first-order valence-corrected chi connectivity index (χ1v) is 10.4. The molecule has 166 valence electrons. The van der Waals surface area contributed by atoms with Gasteiger partial charge in [-0.25, -0.2) is 9.37 Å². The van der Waals surface area contributed by atoms with Crippen molar-refractivity contribution in [1.29, 1.82) is 0 Å². The zero-order valence-corrected chi connectivity index (χ0v) is 17.9. The van der Waals surface area contributed by atoms with Crippen LogP contribution in [0.1, 0.15) is 0 Å². The van der Waals surface area contributed by atoms with Crippen molar-refractivity contribution in [2.45, 2.75) is 0 Å². The van der Waals surface area contributed by atoms with Crippen LogP contribution < -0.4 is 4.74 Å². The molecule has 0 spiro atoms. The lowest BCUT2D eigenvalue weighted by Gasteiger charge is -2.04. The van der Waals surface area contributed by atoms with Gasteiger partial charge in [-0.3, -0.25) is 15.1 Å². The molecule has 0 atom stereocenters. The van der Waals surface area contributed by atoms with Crippen molar-refractivity contribution in [3.05, 3.63) is 73.2 Å². The summed E-state index contributed by atoms with van der Waals surface area (Å²) in [5.74, 6) is -0.00929. The van der Waals surface area contributed by atoms with Gasteiger partial charge in [0.05, 0.1) is 36.4 Å². The van der Waals surface area contributed by atoms with E-state index < -0.39 is 5.82 Å². The Balaban J connectivity index is 1.49. The van der Waals surface area contributed by atoms with Gasteiger partial charge in [0.15, 0.2) is 5.65 Å². The SMILES string of the molecule is COc1cncc(-c2cnc3n[nH]c(-c4cc5c(-c6cc(O)cc(F)c6)cncc5[nH]4)c3c2)c1. The molecule has 6 rings (SSSR count). The average molecular weight is 452 g/mol. The molecule has 8 nitrogen and oxygen atoms in total. The number of rotatable bonds is 4. The molecule has 3 N–H and O–H groups in total. The lowest BCUT2D eigenvalue weighted by Crippen LogP contribution is -1.87.